The van der Waals surface area contributed by atoms with Crippen molar-refractivity contribution in [1.82, 2.24) is 0 Å². The first-order valence-corrected chi connectivity index (χ1v) is 8.41. The average molecular weight is 298 g/mol. The fraction of sp³-hybridized carbons (Fsp3) is 0.538. The highest BCUT2D eigenvalue weighted by Crippen LogP contribution is 2.33. The van der Waals surface area contributed by atoms with E-state index in [2.05, 4.69) is 6.92 Å². The van der Waals surface area contributed by atoms with E-state index in [1.165, 1.54) is 6.07 Å². The Hall–Kier alpha value is -1.63. The fourth-order valence-corrected chi connectivity index (χ4v) is 3.20. The van der Waals surface area contributed by atoms with Crippen LogP contribution in [0.5, 0.6) is 0 Å². The lowest BCUT2D eigenvalue weighted by Crippen LogP contribution is -2.34. The normalized spacial score (nSPS) is 19.9. The summed E-state index contributed by atoms with van der Waals surface area (Å²) in [6.45, 7) is 3.64. The molecule has 0 amide bonds. The molecule has 0 bridgehead atoms. The second kappa shape index (κ2) is 5.40. The highest BCUT2D eigenvalue weighted by atomic mass is 32.2. The van der Waals surface area contributed by atoms with Crippen LogP contribution >= 0.6 is 0 Å². The molecule has 0 aliphatic carbocycles. The lowest BCUT2D eigenvalue weighted by molar-refractivity contribution is -0.384. The molecule has 7 heteroatoms. The van der Waals surface area contributed by atoms with E-state index >= 15 is 0 Å². The molecular weight excluding hydrogens is 280 g/mol. The number of nitro benzene ring substituents is 1. The summed E-state index contributed by atoms with van der Waals surface area (Å²) in [6, 6.07) is 4.15. The molecule has 1 aromatic rings. The molecule has 0 spiro atoms. The van der Waals surface area contributed by atoms with Crippen LogP contribution in [-0.4, -0.2) is 32.7 Å². The smallest absolute Gasteiger partial charge is 0.293 e. The number of rotatable bonds is 3. The van der Waals surface area contributed by atoms with Gasteiger partial charge in [0.15, 0.2) is 9.84 Å². The Morgan fingerprint density at radius 1 is 1.40 bits per heavy atom. The third-order valence-electron chi connectivity index (χ3n) is 3.57. The summed E-state index contributed by atoms with van der Waals surface area (Å²) in [4.78, 5) is 12.7. The van der Waals surface area contributed by atoms with Gasteiger partial charge in [0.1, 0.15) is 5.69 Å². The van der Waals surface area contributed by atoms with E-state index in [0.717, 1.165) is 38.3 Å². The predicted octanol–water partition coefficient (Wildman–Crippen LogP) is 2.23. The highest BCUT2D eigenvalue weighted by Gasteiger charge is 2.25. The maximum absolute atomic E-state index is 11.5. The van der Waals surface area contributed by atoms with Crippen LogP contribution in [0.15, 0.2) is 23.1 Å². The lowest BCUT2D eigenvalue weighted by Gasteiger charge is -2.32. The first-order valence-electron chi connectivity index (χ1n) is 6.52. The van der Waals surface area contributed by atoms with Gasteiger partial charge < -0.3 is 4.90 Å². The molecule has 110 valence electrons. The number of nitrogens with zero attached hydrogens (tertiary/aromatic N) is 2. The molecule has 1 heterocycles. The van der Waals surface area contributed by atoms with E-state index in [1.54, 1.807) is 6.07 Å². The molecular formula is C13H18N2O4S. The van der Waals surface area contributed by atoms with Crippen LogP contribution < -0.4 is 4.90 Å². The summed E-state index contributed by atoms with van der Waals surface area (Å²) in [5, 5.41) is 11.2. The minimum Gasteiger partial charge on any atom is -0.366 e. The maximum Gasteiger partial charge on any atom is 0.293 e. The number of anilines is 1. The molecule has 1 aliphatic heterocycles. The summed E-state index contributed by atoms with van der Waals surface area (Å²) in [6.07, 6.45) is 3.16. The summed E-state index contributed by atoms with van der Waals surface area (Å²) < 4.78 is 23.0. The zero-order chi connectivity index (χ0) is 14.9. The predicted molar refractivity (Wildman–Crippen MR) is 76.8 cm³/mol. The number of sulfone groups is 1. The van der Waals surface area contributed by atoms with Gasteiger partial charge in [-0.05, 0) is 30.9 Å². The summed E-state index contributed by atoms with van der Waals surface area (Å²) >= 11 is 0. The number of hydrogen-bond donors (Lipinski definition) is 0. The lowest BCUT2D eigenvalue weighted by atomic mass is 9.99. The zero-order valence-corrected chi connectivity index (χ0v) is 12.4. The average Bonchev–Trinajstić information content (AvgIpc) is 2.37. The van der Waals surface area contributed by atoms with Crippen molar-refractivity contribution in [1.29, 1.82) is 0 Å². The van der Waals surface area contributed by atoms with Crippen molar-refractivity contribution in [2.45, 2.75) is 24.7 Å². The van der Waals surface area contributed by atoms with Crippen molar-refractivity contribution in [3.05, 3.63) is 28.3 Å². The Balaban J connectivity index is 2.45. The second-order valence-corrected chi connectivity index (χ2v) is 7.39. The van der Waals surface area contributed by atoms with Gasteiger partial charge in [-0.3, -0.25) is 10.1 Å². The van der Waals surface area contributed by atoms with Gasteiger partial charge in [-0.2, -0.15) is 0 Å². The molecule has 1 fully saturated rings. The molecule has 0 unspecified atom stereocenters. The van der Waals surface area contributed by atoms with Gasteiger partial charge in [0.25, 0.3) is 5.69 Å². The molecule has 6 nitrogen and oxygen atoms in total. The van der Waals surface area contributed by atoms with Crippen LogP contribution in [0.1, 0.15) is 19.8 Å². The SMILES string of the molecule is C[C@@H]1CCCN(c2ccc(S(C)(=O)=O)cc2[N+](=O)[O-])C1. The Morgan fingerprint density at radius 2 is 2.10 bits per heavy atom. The van der Waals surface area contributed by atoms with Crippen LogP contribution in [0.25, 0.3) is 0 Å². The first-order chi connectivity index (χ1) is 9.29. The third kappa shape index (κ3) is 3.09. The number of piperidine rings is 1. The monoisotopic (exact) mass is 298 g/mol. The van der Waals surface area contributed by atoms with E-state index < -0.39 is 14.8 Å². The fourth-order valence-electron chi connectivity index (χ4n) is 2.56. The van der Waals surface area contributed by atoms with E-state index in [9.17, 15) is 18.5 Å². The van der Waals surface area contributed by atoms with Crippen LogP contribution in [0.2, 0.25) is 0 Å². The van der Waals surface area contributed by atoms with Crippen LogP contribution in [0.3, 0.4) is 0 Å². The van der Waals surface area contributed by atoms with E-state index in [0.29, 0.717) is 11.6 Å². The van der Waals surface area contributed by atoms with Gasteiger partial charge >= 0.3 is 0 Å². The standard InChI is InChI=1S/C13H18N2O4S/c1-10-4-3-7-14(9-10)12-6-5-11(20(2,18)19)8-13(12)15(16)17/h5-6,8,10H,3-4,7,9H2,1-2H3/t10-/m1/s1. The molecule has 1 aliphatic rings. The van der Waals surface area contributed by atoms with Crippen molar-refractivity contribution in [3.63, 3.8) is 0 Å². The molecule has 1 saturated heterocycles. The van der Waals surface area contributed by atoms with Gasteiger partial charge in [0.05, 0.1) is 9.82 Å². The minimum absolute atomic E-state index is 0.0157. The molecule has 0 saturated carbocycles. The van der Waals surface area contributed by atoms with Crippen molar-refractivity contribution in [3.8, 4) is 0 Å². The van der Waals surface area contributed by atoms with E-state index in [4.69, 9.17) is 0 Å². The van der Waals surface area contributed by atoms with Crippen molar-refractivity contribution >= 4 is 21.2 Å². The Morgan fingerprint density at radius 3 is 2.65 bits per heavy atom. The molecule has 0 aromatic heterocycles. The van der Waals surface area contributed by atoms with Crippen molar-refractivity contribution in [2.75, 3.05) is 24.2 Å². The van der Waals surface area contributed by atoms with Gasteiger partial charge in [-0.1, -0.05) is 6.92 Å². The molecule has 1 aromatic carbocycles. The topological polar surface area (TPSA) is 80.5 Å². The van der Waals surface area contributed by atoms with Gasteiger partial charge in [-0.15, -0.1) is 0 Å². The Labute approximate surface area is 118 Å². The second-order valence-electron chi connectivity index (χ2n) is 5.37. The highest BCUT2D eigenvalue weighted by molar-refractivity contribution is 7.90. The summed E-state index contributed by atoms with van der Waals surface area (Å²) in [7, 11) is -3.44. The minimum atomic E-state index is -3.44. The van der Waals surface area contributed by atoms with E-state index in [-0.39, 0.29) is 10.6 Å². The molecule has 2 rings (SSSR count). The zero-order valence-electron chi connectivity index (χ0n) is 11.6. The van der Waals surface area contributed by atoms with Gasteiger partial charge in [0, 0.05) is 25.4 Å². The summed E-state index contributed by atoms with van der Waals surface area (Å²) in [5.41, 5.74) is 0.371. The largest absolute Gasteiger partial charge is 0.366 e. The van der Waals surface area contributed by atoms with Crippen molar-refractivity contribution < 1.29 is 13.3 Å². The molecule has 20 heavy (non-hydrogen) atoms. The van der Waals surface area contributed by atoms with Gasteiger partial charge in [-0.25, -0.2) is 8.42 Å². The van der Waals surface area contributed by atoms with Crippen molar-refractivity contribution in [2.24, 2.45) is 5.92 Å². The molecule has 1 atom stereocenters. The Bertz CT molecular complexity index is 627. The maximum atomic E-state index is 11.5. The number of hydrogen-bond acceptors (Lipinski definition) is 5. The van der Waals surface area contributed by atoms with Crippen LogP contribution in [0.4, 0.5) is 11.4 Å². The van der Waals surface area contributed by atoms with E-state index in [1.807, 2.05) is 4.90 Å². The summed E-state index contributed by atoms with van der Waals surface area (Å²) in [5.74, 6) is 0.484. The third-order valence-corrected chi connectivity index (χ3v) is 4.68. The number of benzene rings is 1. The first kappa shape index (κ1) is 14.8. The molecule has 0 radical (unpaired) electrons. The van der Waals surface area contributed by atoms with Crippen LogP contribution in [0, 0.1) is 16.0 Å². The quantitative estimate of drug-likeness (QED) is 0.631. The van der Waals surface area contributed by atoms with Crippen LogP contribution in [-0.2, 0) is 9.84 Å². The number of nitro groups is 1. The Kier molecular flexibility index (Phi) is 3.99. The van der Waals surface area contributed by atoms with Gasteiger partial charge in [0.2, 0.25) is 0 Å². The molecule has 0 N–H and O–H groups in total.